The number of carbonyl (C=O) groups is 3. The Morgan fingerprint density at radius 2 is 1.88 bits per heavy atom. The lowest BCUT2D eigenvalue weighted by molar-refractivity contribution is -0.151. The molecule has 0 unspecified atom stereocenters. The minimum atomic E-state index is -0.556. The third-order valence-electron chi connectivity index (χ3n) is 4.51. The summed E-state index contributed by atoms with van der Waals surface area (Å²) in [6.45, 7) is 1.63. The summed E-state index contributed by atoms with van der Waals surface area (Å²) in [7, 11) is 0. The van der Waals surface area contributed by atoms with E-state index in [0.717, 1.165) is 10.6 Å². The van der Waals surface area contributed by atoms with E-state index < -0.39 is 29.6 Å². The number of aryl methyl sites for hydroxylation is 1. The van der Waals surface area contributed by atoms with E-state index in [1.807, 2.05) is 19.1 Å². The highest BCUT2D eigenvalue weighted by atomic mass is 16.5. The molecule has 7 heteroatoms. The minimum absolute atomic E-state index is 0.280. The van der Waals surface area contributed by atoms with Crippen molar-refractivity contribution in [1.29, 1.82) is 0 Å². The number of fused-ring (bicyclic) bond motifs is 5. The molecule has 1 N–H and O–H groups in total. The monoisotopic (exact) mass is 328 g/mol. The lowest BCUT2D eigenvalue weighted by atomic mass is 9.85. The summed E-state index contributed by atoms with van der Waals surface area (Å²) < 4.78 is 10.9. The zero-order valence-electron chi connectivity index (χ0n) is 13.0. The number of hydrazine groups is 1. The molecule has 2 saturated heterocycles. The van der Waals surface area contributed by atoms with Crippen molar-refractivity contribution < 1.29 is 23.9 Å². The molecule has 0 radical (unpaired) electrons. The molecule has 7 nitrogen and oxygen atoms in total. The van der Waals surface area contributed by atoms with Crippen LogP contribution in [0, 0.1) is 18.8 Å². The van der Waals surface area contributed by atoms with Crippen LogP contribution in [0.5, 0.6) is 5.75 Å². The summed E-state index contributed by atoms with van der Waals surface area (Å²) in [5.74, 6) is -1.93. The lowest BCUT2D eigenvalue weighted by Gasteiger charge is -2.18. The van der Waals surface area contributed by atoms with E-state index >= 15 is 0 Å². The largest absolute Gasteiger partial charge is 0.484 e. The molecular formula is C17H16N2O5. The van der Waals surface area contributed by atoms with Crippen LogP contribution in [-0.2, 0) is 19.1 Å². The number of carbonyl (C=O) groups excluding carboxylic acids is 3. The summed E-state index contributed by atoms with van der Waals surface area (Å²) in [6, 6.07) is 7.26. The first-order valence-electron chi connectivity index (χ1n) is 7.75. The quantitative estimate of drug-likeness (QED) is 0.636. The van der Waals surface area contributed by atoms with E-state index in [4.69, 9.17) is 9.47 Å². The Hall–Kier alpha value is -2.67. The average Bonchev–Trinajstić information content (AvgIpc) is 3.23. The second kappa shape index (κ2) is 5.45. The van der Waals surface area contributed by atoms with E-state index in [2.05, 4.69) is 5.43 Å². The van der Waals surface area contributed by atoms with Gasteiger partial charge in [0, 0.05) is 0 Å². The van der Waals surface area contributed by atoms with Crippen LogP contribution in [0.25, 0.3) is 0 Å². The maximum absolute atomic E-state index is 12.4. The molecule has 0 aromatic heterocycles. The standard InChI is InChI=1S/C17H16N2O5/c1-9-3-2-4-10(7-9)23-8-13(20)18-19-16(21)14-11-5-6-12(24-11)15(14)17(19)22/h2-7,11-12,14-15H,8H2,1H3,(H,18,20)/t11-,12+,14+,15-. The van der Waals surface area contributed by atoms with Crippen LogP contribution in [0.1, 0.15) is 5.56 Å². The second-order valence-electron chi connectivity index (χ2n) is 6.15. The molecule has 2 bridgehead atoms. The molecule has 0 saturated carbocycles. The third-order valence-corrected chi connectivity index (χ3v) is 4.51. The maximum atomic E-state index is 12.4. The number of rotatable bonds is 4. The predicted octanol–water partition coefficient (Wildman–Crippen LogP) is 0.343. The number of imide groups is 1. The fraction of sp³-hybridized carbons (Fsp3) is 0.353. The topological polar surface area (TPSA) is 84.9 Å². The molecule has 124 valence electrons. The molecule has 3 amide bonds. The van der Waals surface area contributed by atoms with Gasteiger partial charge in [0.05, 0.1) is 24.0 Å². The van der Waals surface area contributed by atoms with Crippen LogP contribution in [0.4, 0.5) is 0 Å². The fourth-order valence-corrected chi connectivity index (χ4v) is 3.42. The van der Waals surface area contributed by atoms with E-state index in [0.29, 0.717) is 5.75 Å². The molecule has 0 aliphatic carbocycles. The van der Waals surface area contributed by atoms with Crippen LogP contribution in [0.15, 0.2) is 36.4 Å². The van der Waals surface area contributed by atoms with E-state index in [-0.39, 0.29) is 18.8 Å². The molecule has 4 rings (SSSR count). The van der Waals surface area contributed by atoms with Crippen LogP contribution in [0.2, 0.25) is 0 Å². The van der Waals surface area contributed by atoms with Gasteiger partial charge in [-0.2, -0.15) is 5.01 Å². The number of hydrogen-bond donors (Lipinski definition) is 1. The highest BCUT2D eigenvalue weighted by Gasteiger charge is 2.61. The molecule has 3 heterocycles. The van der Waals surface area contributed by atoms with Crippen molar-refractivity contribution >= 4 is 17.7 Å². The number of nitrogens with zero attached hydrogens (tertiary/aromatic N) is 1. The molecule has 1 aromatic carbocycles. The predicted molar refractivity (Wildman–Crippen MR) is 81.5 cm³/mol. The van der Waals surface area contributed by atoms with Gasteiger partial charge in [-0.1, -0.05) is 24.3 Å². The van der Waals surface area contributed by atoms with Crippen molar-refractivity contribution in [1.82, 2.24) is 10.4 Å². The van der Waals surface area contributed by atoms with Crippen LogP contribution < -0.4 is 10.2 Å². The number of nitrogens with one attached hydrogen (secondary N) is 1. The maximum Gasteiger partial charge on any atom is 0.276 e. The van der Waals surface area contributed by atoms with Crippen molar-refractivity contribution in [2.75, 3.05) is 6.61 Å². The first kappa shape index (κ1) is 14.9. The first-order valence-corrected chi connectivity index (χ1v) is 7.75. The third kappa shape index (κ3) is 2.28. The first-order chi connectivity index (χ1) is 11.5. The molecule has 0 spiro atoms. The Morgan fingerprint density at radius 3 is 2.50 bits per heavy atom. The summed E-state index contributed by atoms with van der Waals surface area (Å²) >= 11 is 0. The summed E-state index contributed by atoms with van der Waals surface area (Å²) in [5.41, 5.74) is 3.36. The summed E-state index contributed by atoms with van der Waals surface area (Å²) in [4.78, 5) is 36.8. The SMILES string of the molecule is Cc1cccc(OCC(=O)NN2C(=O)[C@@H]3[C@H](C2=O)[C@@H]2C=C[C@H]3O2)c1. The van der Waals surface area contributed by atoms with Crippen molar-refractivity contribution in [3.8, 4) is 5.75 Å². The zero-order valence-corrected chi connectivity index (χ0v) is 13.0. The zero-order chi connectivity index (χ0) is 16.8. The Labute approximate surface area is 138 Å². The highest BCUT2D eigenvalue weighted by Crippen LogP contribution is 2.44. The Bertz CT molecular complexity index is 729. The molecule has 3 aliphatic heterocycles. The molecule has 4 atom stereocenters. The number of amides is 3. The van der Waals surface area contributed by atoms with E-state index in [9.17, 15) is 14.4 Å². The van der Waals surface area contributed by atoms with Crippen molar-refractivity contribution in [3.63, 3.8) is 0 Å². The van der Waals surface area contributed by atoms with Gasteiger partial charge in [0.2, 0.25) is 0 Å². The van der Waals surface area contributed by atoms with Gasteiger partial charge in [0.1, 0.15) is 5.75 Å². The summed E-state index contributed by atoms with van der Waals surface area (Å²) in [5, 5.41) is 0.812. The molecule has 1 aromatic rings. The normalized spacial score (nSPS) is 30.0. The number of benzene rings is 1. The van der Waals surface area contributed by atoms with Crippen molar-refractivity contribution in [2.24, 2.45) is 11.8 Å². The van der Waals surface area contributed by atoms with Crippen LogP contribution in [-0.4, -0.2) is 41.5 Å². The average molecular weight is 328 g/mol. The van der Waals surface area contributed by atoms with Crippen LogP contribution >= 0.6 is 0 Å². The molecule has 24 heavy (non-hydrogen) atoms. The lowest BCUT2D eigenvalue weighted by Crippen LogP contribution is -2.49. The Balaban J connectivity index is 1.38. The van der Waals surface area contributed by atoms with E-state index in [1.54, 1.807) is 24.3 Å². The van der Waals surface area contributed by atoms with Gasteiger partial charge < -0.3 is 9.47 Å². The Kier molecular flexibility index (Phi) is 3.38. The van der Waals surface area contributed by atoms with Crippen LogP contribution in [0.3, 0.4) is 0 Å². The molecular weight excluding hydrogens is 312 g/mol. The minimum Gasteiger partial charge on any atom is -0.484 e. The molecule has 2 fully saturated rings. The van der Waals surface area contributed by atoms with Gasteiger partial charge >= 0.3 is 0 Å². The van der Waals surface area contributed by atoms with Gasteiger partial charge in [-0.15, -0.1) is 0 Å². The van der Waals surface area contributed by atoms with Crippen molar-refractivity contribution in [3.05, 3.63) is 42.0 Å². The second-order valence-corrected chi connectivity index (χ2v) is 6.15. The molecule has 3 aliphatic rings. The Morgan fingerprint density at radius 1 is 1.21 bits per heavy atom. The number of hydrogen-bond acceptors (Lipinski definition) is 5. The smallest absolute Gasteiger partial charge is 0.276 e. The van der Waals surface area contributed by atoms with E-state index in [1.165, 1.54) is 0 Å². The van der Waals surface area contributed by atoms with Gasteiger partial charge in [-0.25, -0.2) is 0 Å². The number of ether oxygens (including phenoxy) is 2. The summed E-state index contributed by atoms with van der Waals surface area (Å²) in [6.07, 6.45) is 2.84. The highest BCUT2D eigenvalue weighted by molar-refractivity contribution is 6.07. The fourth-order valence-electron chi connectivity index (χ4n) is 3.42. The van der Waals surface area contributed by atoms with Gasteiger partial charge in [0.15, 0.2) is 6.61 Å². The van der Waals surface area contributed by atoms with Gasteiger partial charge in [-0.05, 0) is 24.6 Å². The van der Waals surface area contributed by atoms with Gasteiger partial charge in [0.25, 0.3) is 17.7 Å². The van der Waals surface area contributed by atoms with Crippen molar-refractivity contribution in [2.45, 2.75) is 19.1 Å². The van der Waals surface area contributed by atoms with Gasteiger partial charge in [-0.3, -0.25) is 19.8 Å².